The maximum Gasteiger partial charge on any atom is 0.266 e. The molecule has 0 saturated carbocycles. The fourth-order valence-electron chi connectivity index (χ4n) is 2.11. The number of benzene rings is 2. The van der Waals surface area contributed by atoms with Crippen LogP contribution in [-0.2, 0) is 4.79 Å². The number of nitrogens with one attached hydrogen (secondary N) is 1. The van der Waals surface area contributed by atoms with Crippen molar-refractivity contribution in [3.05, 3.63) is 61.5 Å². The third-order valence-electron chi connectivity index (χ3n) is 3.24. The molecule has 0 bridgehead atoms. The van der Waals surface area contributed by atoms with Gasteiger partial charge in [-0.2, -0.15) is 5.26 Å². The van der Waals surface area contributed by atoms with E-state index in [0.717, 1.165) is 15.4 Å². The van der Waals surface area contributed by atoms with Crippen molar-refractivity contribution in [2.45, 2.75) is 13.3 Å². The van der Waals surface area contributed by atoms with Gasteiger partial charge in [-0.3, -0.25) is 4.79 Å². The van der Waals surface area contributed by atoms with Gasteiger partial charge in [0.05, 0.1) is 11.1 Å². The van der Waals surface area contributed by atoms with Crippen LogP contribution in [0.25, 0.3) is 6.08 Å². The molecule has 0 aromatic heterocycles. The van der Waals surface area contributed by atoms with Crippen molar-refractivity contribution in [1.29, 1.82) is 5.26 Å². The average molecular weight is 499 g/mol. The molecule has 4 nitrogen and oxygen atoms in total. The first-order valence-electron chi connectivity index (χ1n) is 7.75. The molecule has 2 rings (SSSR count). The number of amides is 1. The van der Waals surface area contributed by atoms with Gasteiger partial charge in [-0.1, -0.05) is 40.5 Å². The number of hydrogen-bond acceptors (Lipinski definition) is 3. The molecule has 0 aliphatic heterocycles. The summed E-state index contributed by atoms with van der Waals surface area (Å²) < 4.78 is 7.29. The fraction of sp³-hybridized carbons (Fsp3) is 0.158. The van der Waals surface area contributed by atoms with Gasteiger partial charge in [0.25, 0.3) is 5.91 Å². The Morgan fingerprint density at radius 2 is 2.12 bits per heavy atom. The van der Waals surface area contributed by atoms with Crippen molar-refractivity contribution in [1.82, 2.24) is 0 Å². The van der Waals surface area contributed by atoms with E-state index >= 15 is 0 Å². The van der Waals surface area contributed by atoms with Gasteiger partial charge in [-0.15, -0.1) is 0 Å². The number of hydrogen-bond donors (Lipinski definition) is 1. The maximum absolute atomic E-state index is 12.4. The second kappa shape index (κ2) is 9.77. The Hall–Kier alpha value is -1.81. The van der Waals surface area contributed by atoms with Gasteiger partial charge in [0.15, 0.2) is 0 Å². The predicted octanol–water partition coefficient (Wildman–Crippen LogP) is 6.20. The van der Waals surface area contributed by atoms with E-state index < -0.39 is 5.91 Å². The Bertz CT molecular complexity index is 892. The molecule has 1 amide bonds. The first-order valence-corrected chi connectivity index (χ1v) is 9.71. The zero-order chi connectivity index (χ0) is 19.1. The second-order valence-electron chi connectivity index (χ2n) is 5.29. The van der Waals surface area contributed by atoms with E-state index in [1.165, 1.54) is 6.08 Å². The van der Waals surface area contributed by atoms with E-state index in [9.17, 15) is 10.1 Å². The highest BCUT2D eigenvalue weighted by atomic mass is 79.9. The maximum atomic E-state index is 12.4. The van der Waals surface area contributed by atoms with Crippen LogP contribution in [-0.4, -0.2) is 12.5 Å². The highest BCUT2D eigenvalue weighted by molar-refractivity contribution is 9.11. The third-order valence-corrected chi connectivity index (χ3v) is 4.52. The molecule has 0 atom stereocenters. The topological polar surface area (TPSA) is 62.1 Å². The van der Waals surface area contributed by atoms with Gasteiger partial charge < -0.3 is 10.1 Å². The smallest absolute Gasteiger partial charge is 0.266 e. The normalized spacial score (nSPS) is 11.0. The van der Waals surface area contributed by atoms with E-state index in [0.29, 0.717) is 28.6 Å². The second-order valence-corrected chi connectivity index (χ2v) is 7.50. The summed E-state index contributed by atoms with van der Waals surface area (Å²) in [5.74, 6) is 0.0608. The highest BCUT2D eigenvalue weighted by Gasteiger charge is 2.14. The van der Waals surface area contributed by atoms with Crippen LogP contribution in [0, 0.1) is 11.3 Å². The Balaban J connectivity index is 2.36. The van der Waals surface area contributed by atoms with E-state index in [4.69, 9.17) is 16.3 Å². The number of rotatable bonds is 6. The number of nitrogens with zero attached hydrogens (tertiary/aromatic N) is 1. The van der Waals surface area contributed by atoms with Crippen molar-refractivity contribution in [3.63, 3.8) is 0 Å². The van der Waals surface area contributed by atoms with Gasteiger partial charge in [-0.25, -0.2) is 0 Å². The predicted molar refractivity (Wildman–Crippen MR) is 111 cm³/mol. The van der Waals surface area contributed by atoms with Gasteiger partial charge in [0.1, 0.15) is 17.4 Å². The molecule has 2 aromatic carbocycles. The Morgan fingerprint density at radius 3 is 2.77 bits per heavy atom. The zero-order valence-electron chi connectivity index (χ0n) is 13.9. The molecule has 0 heterocycles. The molecular weight excluding hydrogens is 483 g/mol. The Labute approximate surface area is 174 Å². The summed E-state index contributed by atoms with van der Waals surface area (Å²) in [7, 11) is 0. The molecule has 0 radical (unpaired) electrons. The van der Waals surface area contributed by atoms with E-state index in [1.807, 2.05) is 19.1 Å². The summed E-state index contributed by atoms with van der Waals surface area (Å²) >= 11 is 12.8. The van der Waals surface area contributed by atoms with Crippen molar-refractivity contribution >= 4 is 61.1 Å². The number of carbonyl (C=O) groups excluding carboxylic acids is 1. The van der Waals surface area contributed by atoms with Crippen LogP contribution in [0.4, 0.5) is 5.69 Å². The van der Waals surface area contributed by atoms with Crippen LogP contribution in [0.15, 0.2) is 50.9 Å². The zero-order valence-corrected chi connectivity index (χ0v) is 17.8. The fourth-order valence-corrected chi connectivity index (χ4v) is 3.68. The lowest BCUT2D eigenvalue weighted by Crippen LogP contribution is -2.13. The third kappa shape index (κ3) is 5.60. The number of halogens is 3. The molecule has 0 spiro atoms. The minimum Gasteiger partial charge on any atom is -0.492 e. The van der Waals surface area contributed by atoms with Crippen molar-refractivity contribution < 1.29 is 9.53 Å². The summed E-state index contributed by atoms with van der Waals surface area (Å²) in [5, 5.41) is 12.6. The lowest BCUT2D eigenvalue weighted by Gasteiger charge is -2.12. The molecule has 26 heavy (non-hydrogen) atoms. The van der Waals surface area contributed by atoms with E-state index in [1.54, 1.807) is 30.3 Å². The average Bonchev–Trinajstić information content (AvgIpc) is 2.58. The van der Waals surface area contributed by atoms with Crippen LogP contribution < -0.4 is 10.1 Å². The summed E-state index contributed by atoms with van der Waals surface area (Å²) in [5.41, 5.74) is 1.09. The van der Waals surface area contributed by atoms with Crippen molar-refractivity contribution in [2.24, 2.45) is 0 Å². The molecule has 2 aromatic rings. The van der Waals surface area contributed by atoms with Gasteiger partial charge in [0.2, 0.25) is 0 Å². The molecule has 0 aliphatic rings. The molecule has 7 heteroatoms. The van der Waals surface area contributed by atoms with Gasteiger partial charge in [-0.05, 0) is 58.8 Å². The molecule has 0 unspecified atom stereocenters. The van der Waals surface area contributed by atoms with Crippen LogP contribution in [0.2, 0.25) is 5.02 Å². The van der Waals surface area contributed by atoms with Crippen LogP contribution in [0.1, 0.15) is 18.9 Å². The summed E-state index contributed by atoms with van der Waals surface area (Å²) in [4.78, 5) is 12.4. The largest absolute Gasteiger partial charge is 0.492 e. The Morgan fingerprint density at radius 1 is 1.35 bits per heavy atom. The summed E-state index contributed by atoms with van der Waals surface area (Å²) in [6.45, 7) is 2.53. The molecule has 0 aliphatic carbocycles. The minimum atomic E-state index is -0.521. The van der Waals surface area contributed by atoms with Gasteiger partial charge in [0, 0.05) is 20.7 Å². The lowest BCUT2D eigenvalue weighted by molar-refractivity contribution is -0.112. The summed E-state index contributed by atoms with van der Waals surface area (Å²) in [6.07, 6.45) is 2.34. The molecule has 134 valence electrons. The van der Waals surface area contributed by atoms with E-state index in [-0.39, 0.29) is 5.57 Å². The van der Waals surface area contributed by atoms with E-state index in [2.05, 4.69) is 37.2 Å². The molecule has 0 saturated heterocycles. The summed E-state index contributed by atoms with van der Waals surface area (Å²) in [6, 6.07) is 12.3. The quantitative estimate of drug-likeness (QED) is 0.381. The first kappa shape index (κ1) is 20.5. The van der Waals surface area contributed by atoms with Crippen molar-refractivity contribution in [2.75, 3.05) is 11.9 Å². The lowest BCUT2D eigenvalue weighted by atomic mass is 10.1. The van der Waals surface area contributed by atoms with Crippen LogP contribution in [0.3, 0.4) is 0 Å². The number of carbonyl (C=O) groups is 1. The number of ether oxygens (including phenoxy) is 1. The molecule has 0 fully saturated rings. The highest BCUT2D eigenvalue weighted by Crippen LogP contribution is 2.34. The van der Waals surface area contributed by atoms with Crippen LogP contribution in [0.5, 0.6) is 5.75 Å². The first-order chi connectivity index (χ1) is 12.4. The monoisotopic (exact) mass is 496 g/mol. The standard InChI is InChI=1S/C19H15Br2ClN2O2/c1-2-6-26-18-12(8-14(20)9-17(18)21)7-13(11-23)19(25)24-16-5-3-4-15(22)10-16/h3-5,7-10H,2,6H2,1H3,(H,24,25)/b13-7+. The Kier molecular flexibility index (Phi) is 7.70. The minimum absolute atomic E-state index is 0.0451. The van der Waals surface area contributed by atoms with Gasteiger partial charge >= 0.3 is 0 Å². The molecule has 1 N–H and O–H groups in total. The van der Waals surface area contributed by atoms with Crippen LogP contribution >= 0.6 is 43.5 Å². The SMILES string of the molecule is CCCOc1c(Br)cc(Br)cc1/C=C(\C#N)C(=O)Nc1cccc(Cl)c1. The number of nitriles is 1. The molecular formula is C19H15Br2ClN2O2. The number of anilines is 1. The van der Waals surface area contributed by atoms with Crippen molar-refractivity contribution in [3.8, 4) is 11.8 Å².